The summed E-state index contributed by atoms with van der Waals surface area (Å²) < 4.78 is 2.93. The molecule has 6 nitrogen and oxygen atoms in total. The fourth-order valence-electron chi connectivity index (χ4n) is 2.26. The number of halogens is 1. The minimum atomic E-state index is -0.387. The number of ketones is 1. The minimum absolute atomic E-state index is 0.0218. The molecule has 2 aromatic heterocycles. The van der Waals surface area contributed by atoms with E-state index in [1.165, 1.54) is 11.8 Å². The van der Waals surface area contributed by atoms with Gasteiger partial charge in [-0.3, -0.25) is 9.59 Å². The van der Waals surface area contributed by atoms with Crippen LogP contribution in [0, 0.1) is 3.57 Å². The first-order chi connectivity index (χ1) is 12.5. The Morgan fingerprint density at radius 1 is 1.19 bits per heavy atom. The molecule has 1 amide bonds. The number of amides is 1. The molecule has 0 saturated heterocycles. The van der Waals surface area contributed by atoms with Crippen LogP contribution in [0.5, 0.6) is 0 Å². The zero-order chi connectivity index (χ0) is 18.5. The summed E-state index contributed by atoms with van der Waals surface area (Å²) in [4.78, 5) is 24.5. The standard InChI is InChI=1S/C17H15IN4O2S2/c18-12-5-3-11(4-6-12)13(23)10-26-17-21-20-16(14-2-1-9-25-14)22(17)8-7-15(19)24/h1-6,9H,7-8,10H2,(H2,19,24). The van der Waals surface area contributed by atoms with Gasteiger partial charge >= 0.3 is 0 Å². The van der Waals surface area contributed by atoms with Crippen molar-refractivity contribution in [2.45, 2.75) is 18.1 Å². The monoisotopic (exact) mass is 498 g/mol. The van der Waals surface area contributed by atoms with Crippen molar-refractivity contribution in [3.8, 4) is 10.7 Å². The Hall–Kier alpha value is -1.72. The lowest BCUT2D eigenvalue weighted by Gasteiger charge is -2.08. The van der Waals surface area contributed by atoms with Crippen molar-refractivity contribution >= 4 is 57.4 Å². The number of nitrogens with two attached hydrogens (primary N) is 1. The third-order valence-electron chi connectivity index (χ3n) is 3.54. The molecule has 0 aliphatic rings. The van der Waals surface area contributed by atoms with Gasteiger partial charge in [0.1, 0.15) is 0 Å². The highest BCUT2D eigenvalue weighted by atomic mass is 127. The van der Waals surface area contributed by atoms with Crippen molar-refractivity contribution in [3.63, 3.8) is 0 Å². The molecule has 0 saturated carbocycles. The summed E-state index contributed by atoms with van der Waals surface area (Å²) >= 11 is 5.06. The first-order valence-electron chi connectivity index (χ1n) is 7.71. The Bertz CT molecular complexity index is 908. The van der Waals surface area contributed by atoms with Gasteiger partial charge < -0.3 is 10.3 Å². The average molecular weight is 498 g/mol. The van der Waals surface area contributed by atoms with E-state index in [9.17, 15) is 9.59 Å². The van der Waals surface area contributed by atoms with Crippen LogP contribution >= 0.6 is 45.7 Å². The Balaban J connectivity index is 1.77. The number of hydrogen-bond donors (Lipinski definition) is 1. The van der Waals surface area contributed by atoms with Crippen molar-refractivity contribution in [1.82, 2.24) is 14.8 Å². The minimum Gasteiger partial charge on any atom is -0.370 e. The van der Waals surface area contributed by atoms with Crippen LogP contribution in [-0.4, -0.2) is 32.2 Å². The van der Waals surface area contributed by atoms with Crippen LogP contribution in [0.15, 0.2) is 46.9 Å². The topological polar surface area (TPSA) is 90.9 Å². The van der Waals surface area contributed by atoms with Crippen molar-refractivity contribution in [3.05, 3.63) is 50.9 Å². The first-order valence-corrected chi connectivity index (χ1v) is 10.7. The van der Waals surface area contributed by atoms with Gasteiger partial charge in [0.2, 0.25) is 5.91 Å². The molecule has 0 fully saturated rings. The van der Waals surface area contributed by atoms with E-state index in [4.69, 9.17) is 5.73 Å². The molecule has 0 spiro atoms. The second-order valence-electron chi connectivity index (χ2n) is 5.37. The van der Waals surface area contributed by atoms with E-state index < -0.39 is 0 Å². The third-order valence-corrected chi connectivity index (χ3v) is 6.09. The number of rotatable bonds is 8. The van der Waals surface area contributed by atoms with Gasteiger partial charge in [-0.15, -0.1) is 21.5 Å². The molecule has 0 radical (unpaired) electrons. The van der Waals surface area contributed by atoms with E-state index in [-0.39, 0.29) is 23.9 Å². The van der Waals surface area contributed by atoms with E-state index in [0.29, 0.717) is 23.1 Å². The number of nitrogens with zero attached hydrogens (tertiary/aromatic N) is 3. The molecule has 0 aliphatic carbocycles. The highest BCUT2D eigenvalue weighted by Crippen LogP contribution is 2.28. The second kappa shape index (κ2) is 8.78. The number of Topliss-reactive ketones (excluding diaryl/α,β-unsaturated/α-hetero) is 1. The smallest absolute Gasteiger partial charge is 0.219 e. The zero-order valence-electron chi connectivity index (χ0n) is 13.6. The van der Waals surface area contributed by atoms with Crippen LogP contribution in [0.1, 0.15) is 16.8 Å². The highest BCUT2D eigenvalue weighted by molar-refractivity contribution is 14.1. The van der Waals surface area contributed by atoms with Gasteiger partial charge in [-0.1, -0.05) is 30.0 Å². The van der Waals surface area contributed by atoms with E-state index in [2.05, 4.69) is 32.8 Å². The molecule has 0 unspecified atom stereocenters. The number of primary amides is 1. The molecule has 3 rings (SSSR count). The van der Waals surface area contributed by atoms with Crippen molar-refractivity contribution in [2.75, 3.05) is 5.75 Å². The fourth-order valence-corrected chi connectivity index (χ4v) is 4.19. The normalized spacial score (nSPS) is 10.8. The molecular weight excluding hydrogens is 483 g/mol. The Morgan fingerprint density at radius 3 is 2.62 bits per heavy atom. The van der Waals surface area contributed by atoms with Gasteiger partial charge in [-0.2, -0.15) is 0 Å². The van der Waals surface area contributed by atoms with E-state index in [0.717, 1.165) is 8.45 Å². The lowest BCUT2D eigenvalue weighted by atomic mass is 10.2. The maximum atomic E-state index is 12.4. The Morgan fingerprint density at radius 2 is 1.96 bits per heavy atom. The molecule has 0 atom stereocenters. The van der Waals surface area contributed by atoms with Gasteiger partial charge in [0.15, 0.2) is 16.8 Å². The van der Waals surface area contributed by atoms with Crippen LogP contribution in [-0.2, 0) is 11.3 Å². The predicted molar refractivity (Wildman–Crippen MR) is 111 cm³/mol. The summed E-state index contributed by atoms with van der Waals surface area (Å²) in [7, 11) is 0. The fraction of sp³-hybridized carbons (Fsp3) is 0.176. The summed E-state index contributed by atoms with van der Waals surface area (Å²) in [6.07, 6.45) is 0.190. The van der Waals surface area contributed by atoms with Crippen molar-refractivity contribution in [2.24, 2.45) is 5.73 Å². The average Bonchev–Trinajstić information content (AvgIpc) is 3.27. The van der Waals surface area contributed by atoms with Crippen LogP contribution in [0.3, 0.4) is 0 Å². The molecule has 0 bridgehead atoms. The first kappa shape index (κ1) is 19.1. The van der Waals surface area contributed by atoms with E-state index in [1.807, 2.05) is 46.3 Å². The Kier molecular flexibility index (Phi) is 6.43. The number of carbonyl (C=O) groups excluding carboxylic acids is 2. The number of hydrogen-bond acceptors (Lipinski definition) is 6. The lowest BCUT2D eigenvalue weighted by molar-refractivity contribution is -0.118. The quantitative estimate of drug-likeness (QED) is 0.292. The molecule has 26 heavy (non-hydrogen) atoms. The summed E-state index contributed by atoms with van der Waals surface area (Å²) in [6.45, 7) is 0.385. The van der Waals surface area contributed by atoms with E-state index in [1.54, 1.807) is 11.3 Å². The van der Waals surface area contributed by atoms with Crippen LogP contribution in [0.4, 0.5) is 0 Å². The van der Waals surface area contributed by atoms with Gasteiger partial charge in [-0.05, 0) is 46.2 Å². The lowest BCUT2D eigenvalue weighted by Crippen LogP contribution is -2.15. The maximum Gasteiger partial charge on any atom is 0.219 e. The molecule has 9 heteroatoms. The summed E-state index contributed by atoms with van der Waals surface area (Å²) in [5.74, 6) is 0.570. The molecule has 2 N–H and O–H groups in total. The van der Waals surface area contributed by atoms with Crippen LogP contribution < -0.4 is 5.73 Å². The highest BCUT2D eigenvalue weighted by Gasteiger charge is 2.17. The van der Waals surface area contributed by atoms with Crippen LogP contribution in [0.25, 0.3) is 10.7 Å². The molecular formula is C17H15IN4O2S2. The summed E-state index contributed by atoms with van der Waals surface area (Å²) in [5, 5.41) is 11.0. The van der Waals surface area contributed by atoms with Gasteiger partial charge in [0.05, 0.1) is 10.6 Å². The zero-order valence-corrected chi connectivity index (χ0v) is 17.4. The molecule has 0 aliphatic heterocycles. The van der Waals surface area contributed by atoms with Gasteiger partial charge in [0, 0.05) is 22.1 Å². The predicted octanol–water partition coefficient (Wildman–Crippen LogP) is 3.46. The maximum absolute atomic E-state index is 12.4. The molecule has 1 aromatic carbocycles. The third kappa shape index (κ3) is 4.71. The largest absolute Gasteiger partial charge is 0.370 e. The SMILES string of the molecule is NC(=O)CCn1c(SCC(=O)c2ccc(I)cc2)nnc1-c1cccs1. The number of thioether (sulfide) groups is 1. The molecule has 3 aromatic rings. The number of carbonyl (C=O) groups is 2. The second-order valence-corrected chi connectivity index (χ2v) is 8.51. The van der Waals surface area contributed by atoms with E-state index >= 15 is 0 Å². The number of benzene rings is 1. The van der Waals surface area contributed by atoms with Crippen molar-refractivity contribution in [1.29, 1.82) is 0 Å². The molecule has 134 valence electrons. The van der Waals surface area contributed by atoms with Gasteiger partial charge in [0.25, 0.3) is 0 Å². The van der Waals surface area contributed by atoms with Crippen LogP contribution in [0.2, 0.25) is 0 Å². The van der Waals surface area contributed by atoms with Crippen molar-refractivity contribution < 1.29 is 9.59 Å². The Labute approximate surface area is 172 Å². The summed E-state index contributed by atoms with van der Waals surface area (Å²) in [5.41, 5.74) is 5.95. The number of aromatic nitrogens is 3. The van der Waals surface area contributed by atoms with Gasteiger partial charge in [-0.25, -0.2) is 0 Å². The molecule has 2 heterocycles. The number of thiophene rings is 1. The summed E-state index contributed by atoms with van der Waals surface area (Å²) in [6, 6.07) is 11.3.